The van der Waals surface area contributed by atoms with E-state index in [-0.39, 0.29) is 16.6 Å². The van der Waals surface area contributed by atoms with Gasteiger partial charge in [-0.2, -0.15) is 0 Å². The number of para-hydroxylation sites is 1. The Kier molecular flexibility index (Phi) is 6.84. The normalized spacial score (nSPS) is 16.2. The first kappa shape index (κ1) is 20.8. The van der Waals surface area contributed by atoms with Gasteiger partial charge in [0.1, 0.15) is 0 Å². The number of nitrogens with one attached hydrogen (secondary N) is 2. The molecule has 0 aliphatic carbocycles. The number of anilines is 1. The summed E-state index contributed by atoms with van der Waals surface area (Å²) in [7, 11) is -3.78. The second-order valence-electron chi connectivity index (χ2n) is 6.51. The lowest BCUT2D eigenvalue weighted by molar-refractivity contribution is -0.124. The van der Waals surface area contributed by atoms with Gasteiger partial charge in [0.15, 0.2) is 6.61 Å². The Balaban J connectivity index is 1.51. The van der Waals surface area contributed by atoms with E-state index in [4.69, 9.17) is 9.47 Å². The number of hydrogen-bond acceptors (Lipinski definition) is 6. The average Bonchev–Trinajstić information content (AvgIpc) is 3.25. The lowest BCUT2D eigenvalue weighted by atomic mass is 10.2. The molecule has 0 spiro atoms. The molecule has 1 atom stereocenters. The van der Waals surface area contributed by atoms with Gasteiger partial charge in [-0.15, -0.1) is 0 Å². The van der Waals surface area contributed by atoms with Crippen LogP contribution in [0.15, 0.2) is 59.5 Å². The van der Waals surface area contributed by atoms with E-state index in [0.717, 1.165) is 12.8 Å². The molecule has 2 aromatic carbocycles. The number of amides is 1. The third-order valence-electron chi connectivity index (χ3n) is 4.31. The maximum absolute atomic E-state index is 12.4. The van der Waals surface area contributed by atoms with Crippen molar-refractivity contribution in [2.45, 2.75) is 23.8 Å². The molecule has 1 fully saturated rings. The molecule has 1 aliphatic rings. The van der Waals surface area contributed by atoms with Crippen LogP contribution in [0.1, 0.15) is 23.2 Å². The Hall–Kier alpha value is -2.91. The van der Waals surface area contributed by atoms with Crippen molar-refractivity contribution in [3.05, 3.63) is 60.2 Å². The van der Waals surface area contributed by atoms with Gasteiger partial charge in [0.2, 0.25) is 0 Å². The maximum Gasteiger partial charge on any atom is 0.338 e. The van der Waals surface area contributed by atoms with Crippen LogP contribution in [0.5, 0.6) is 0 Å². The van der Waals surface area contributed by atoms with Crippen molar-refractivity contribution in [1.29, 1.82) is 0 Å². The highest BCUT2D eigenvalue weighted by Gasteiger charge is 2.18. The summed E-state index contributed by atoms with van der Waals surface area (Å²) in [4.78, 5) is 23.8. The Labute approximate surface area is 169 Å². The van der Waals surface area contributed by atoms with E-state index in [0.29, 0.717) is 18.8 Å². The monoisotopic (exact) mass is 418 g/mol. The minimum absolute atomic E-state index is 0.00668. The third kappa shape index (κ3) is 6.03. The first-order valence-electron chi connectivity index (χ1n) is 9.17. The molecular formula is C20H22N2O6S. The van der Waals surface area contributed by atoms with E-state index >= 15 is 0 Å². The SMILES string of the molecule is O=C(COC(=O)c1ccc(S(=O)(=O)Nc2ccccc2)cc1)NC[C@@H]1CCCO1. The van der Waals surface area contributed by atoms with Crippen LogP contribution in [-0.2, 0) is 24.3 Å². The maximum atomic E-state index is 12.4. The van der Waals surface area contributed by atoms with Crippen molar-refractivity contribution < 1.29 is 27.5 Å². The molecule has 2 aromatic rings. The standard InChI is InChI=1S/C20H22N2O6S/c23-19(21-13-17-7-4-12-27-17)14-28-20(24)15-8-10-18(11-9-15)29(25,26)22-16-5-2-1-3-6-16/h1-3,5-6,8-11,17,22H,4,7,12-14H2,(H,21,23)/t17-/m0/s1. The lowest BCUT2D eigenvalue weighted by Gasteiger charge is -2.11. The molecule has 1 saturated heterocycles. The van der Waals surface area contributed by atoms with Gasteiger partial charge in [0.05, 0.1) is 16.6 Å². The first-order valence-corrected chi connectivity index (χ1v) is 10.7. The second kappa shape index (κ2) is 9.53. The van der Waals surface area contributed by atoms with Crippen molar-refractivity contribution in [3.8, 4) is 0 Å². The highest BCUT2D eigenvalue weighted by Crippen LogP contribution is 2.16. The van der Waals surface area contributed by atoms with Crippen LogP contribution in [0, 0.1) is 0 Å². The zero-order valence-electron chi connectivity index (χ0n) is 15.7. The van der Waals surface area contributed by atoms with Gasteiger partial charge in [0, 0.05) is 18.8 Å². The Morgan fingerprint density at radius 1 is 1.07 bits per heavy atom. The van der Waals surface area contributed by atoms with Gasteiger partial charge < -0.3 is 14.8 Å². The predicted molar refractivity (Wildman–Crippen MR) is 106 cm³/mol. The van der Waals surface area contributed by atoms with Gasteiger partial charge in [0.25, 0.3) is 15.9 Å². The zero-order chi connectivity index (χ0) is 20.7. The third-order valence-corrected chi connectivity index (χ3v) is 5.71. The average molecular weight is 418 g/mol. The quantitative estimate of drug-likeness (QED) is 0.634. The summed E-state index contributed by atoms with van der Waals surface area (Å²) in [5.74, 6) is -1.13. The topological polar surface area (TPSA) is 111 Å². The molecule has 3 rings (SSSR count). The fourth-order valence-electron chi connectivity index (χ4n) is 2.79. The molecule has 8 nitrogen and oxygen atoms in total. The number of sulfonamides is 1. The molecule has 1 aliphatic heterocycles. The van der Waals surface area contributed by atoms with Gasteiger partial charge >= 0.3 is 5.97 Å². The van der Waals surface area contributed by atoms with E-state index in [1.54, 1.807) is 30.3 Å². The van der Waals surface area contributed by atoms with Crippen molar-refractivity contribution in [2.75, 3.05) is 24.5 Å². The van der Waals surface area contributed by atoms with Crippen LogP contribution in [0.4, 0.5) is 5.69 Å². The summed E-state index contributed by atoms with van der Waals surface area (Å²) in [6, 6.07) is 13.8. The van der Waals surface area contributed by atoms with E-state index in [2.05, 4.69) is 10.0 Å². The van der Waals surface area contributed by atoms with Crippen LogP contribution in [0.2, 0.25) is 0 Å². The molecule has 0 unspecified atom stereocenters. The van der Waals surface area contributed by atoms with E-state index in [1.165, 1.54) is 24.3 Å². The summed E-state index contributed by atoms with van der Waals surface area (Å²) >= 11 is 0. The first-order chi connectivity index (χ1) is 13.9. The number of ether oxygens (including phenoxy) is 2. The number of carbonyl (C=O) groups excluding carboxylic acids is 2. The smallest absolute Gasteiger partial charge is 0.338 e. The van der Waals surface area contributed by atoms with E-state index < -0.39 is 28.5 Å². The van der Waals surface area contributed by atoms with E-state index in [1.807, 2.05) is 0 Å². The van der Waals surface area contributed by atoms with Gasteiger partial charge in [-0.25, -0.2) is 13.2 Å². The van der Waals surface area contributed by atoms with Crippen molar-refractivity contribution in [2.24, 2.45) is 0 Å². The zero-order valence-corrected chi connectivity index (χ0v) is 16.5. The number of benzene rings is 2. The largest absolute Gasteiger partial charge is 0.452 e. The van der Waals surface area contributed by atoms with Crippen LogP contribution in [-0.4, -0.2) is 46.2 Å². The lowest BCUT2D eigenvalue weighted by Crippen LogP contribution is -2.34. The summed E-state index contributed by atoms with van der Waals surface area (Å²) in [6.07, 6.45) is 1.88. The highest BCUT2D eigenvalue weighted by molar-refractivity contribution is 7.92. The van der Waals surface area contributed by atoms with Crippen molar-refractivity contribution in [1.82, 2.24) is 5.32 Å². The van der Waals surface area contributed by atoms with Gasteiger partial charge in [-0.05, 0) is 49.2 Å². The fourth-order valence-corrected chi connectivity index (χ4v) is 3.85. The molecule has 0 saturated carbocycles. The Morgan fingerprint density at radius 3 is 2.45 bits per heavy atom. The highest BCUT2D eigenvalue weighted by atomic mass is 32.2. The molecule has 29 heavy (non-hydrogen) atoms. The van der Waals surface area contributed by atoms with Crippen molar-refractivity contribution in [3.63, 3.8) is 0 Å². The Bertz CT molecular complexity index is 939. The summed E-state index contributed by atoms with van der Waals surface area (Å²) in [5, 5.41) is 2.65. The molecular weight excluding hydrogens is 396 g/mol. The fraction of sp³-hybridized carbons (Fsp3) is 0.300. The molecule has 9 heteroatoms. The number of rotatable bonds is 8. The molecule has 0 aromatic heterocycles. The molecule has 1 amide bonds. The second-order valence-corrected chi connectivity index (χ2v) is 8.19. The van der Waals surface area contributed by atoms with Gasteiger partial charge in [-0.1, -0.05) is 18.2 Å². The Morgan fingerprint density at radius 2 is 1.79 bits per heavy atom. The van der Waals surface area contributed by atoms with Crippen molar-refractivity contribution >= 4 is 27.6 Å². The molecule has 154 valence electrons. The van der Waals surface area contributed by atoms with E-state index in [9.17, 15) is 18.0 Å². The molecule has 1 heterocycles. The van der Waals surface area contributed by atoms with Crippen LogP contribution >= 0.6 is 0 Å². The minimum Gasteiger partial charge on any atom is -0.452 e. The molecule has 0 bridgehead atoms. The summed E-state index contributed by atoms with van der Waals surface area (Å²) in [6.45, 7) is 0.667. The predicted octanol–water partition coefficient (Wildman–Crippen LogP) is 1.94. The number of esters is 1. The summed E-state index contributed by atoms with van der Waals surface area (Å²) in [5.41, 5.74) is 0.584. The van der Waals surface area contributed by atoms with Crippen LogP contribution < -0.4 is 10.0 Å². The van der Waals surface area contributed by atoms with Gasteiger partial charge in [-0.3, -0.25) is 9.52 Å². The number of hydrogen-bond donors (Lipinski definition) is 2. The minimum atomic E-state index is -3.78. The number of carbonyl (C=O) groups is 2. The summed E-state index contributed by atoms with van der Waals surface area (Å²) < 4.78 is 37.6. The van der Waals surface area contributed by atoms with Crippen LogP contribution in [0.25, 0.3) is 0 Å². The molecule has 2 N–H and O–H groups in total. The van der Waals surface area contributed by atoms with Crippen LogP contribution in [0.3, 0.4) is 0 Å². The molecule has 0 radical (unpaired) electrons.